The molecule has 19 heavy (non-hydrogen) atoms. The SMILES string of the molecule is CN(C)C(=S)Oc1ccc2c(c1)OC(C)(C)CC2=O. The number of carbonyl (C=O) groups is 1. The van der Waals surface area contributed by atoms with Crippen molar-refractivity contribution >= 4 is 23.2 Å². The van der Waals surface area contributed by atoms with Gasteiger partial charge in [0.1, 0.15) is 17.1 Å². The summed E-state index contributed by atoms with van der Waals surface area (Å²) >= 11 is 5.08. The van der Waals surface area contributed by atoms with E-state index in [9.17, 15) is 4.79 Å². The maximum absolute atomic E-state index is 12.0. The largest absolute Gasteiger partial charge is 0.486 e. The van der Waals surface area contributed by atoms with Crippen molar-refractivity contribution in [2.24, 2.45) is 0 Å². The summed E-state index contributed by atoms with van der Waals surface area (Å²) in [5.74, 6) is 1.22. The fourth-order valence-electron chi connectivity index (χ4n) is 1.89. The highest BCUT2D eigenvalue weighted by Gasteiger charge is 2.32. The van der Waals surface area contributed by atoms with E-state index in [0.29, 0.717) is 28.7 Å². The quantitative estimate of drug-likeness (QED) is 0.739. The van der Waals surface area contributed by atoms with Crippen molar-refractivity contribution in [3.05, 3.63) is 23.8 Å². The minimum atomic E-state index is -0.481. The Morgan fingerprint density at radius 3 is 2.74 bits per heavy atom. The van der Waals surface area contributed by atoms with Crippen molar-refractivity contribution < 1.29 is 14.3 Å². The van der Waals surface area contributed by atoms with Crippen molar-refractivity contribution in [3.8, 4) is 11.5 Å². The molecule has 0 aliphatic carbocycles. The van der Waals surface area contributed by atoms with Crippen molar-refractivity contribution in [2.45, 2.75) is 25.9 Å². The summed E-state index contributed by atoms with van der Waals surface area (Å²) in [6.07, 6.45) is 0.385. The molecular formula is C14H17NO3S. The molecule has 102 valence electrons. The van der Waals surface area contributed by atoms with Crippen LogP contribution in [-0.4, -0.2) is 35.6 Å². The Bertz CT molecular complexity index is 537. The van der Waals surface area contributed by atoms with Crippen LogP contribution in [0.1, 0.15) is 30.6 Å². The highest BCUT2D eigenvalue weighted by atomic mass is 32.1. The van der Waals surface area contributed by atoms with E-state index >= 15 is 0 Å². The minimum Gasteiger partial charge on any atom is -0.486 e. The number of hydrogen-bond donors (Lipinski definition) is 0. The van der Waals surface area contributed by atoms with Crippen molar-refractivity contribution in [1.29, 1.82) is 0 Å². The number of hydrogen-bond acceptors (Lipinski definition) is 4. The maximum Gasteiger partial charge on any atom is 0.264 e. The van der Waals surface area contributed by atoms with Gasteiger partial charge in [0.2, 0.25) is 0 Å². The highest BCUT2D eigenvalue weighted by Crippen LogP contribution is 2.35. The van der Waals surface area contributed by atoms with Crippen LogP contribution in [0.3, 0.4) is 0 Å². The summed E-state index contributed by atoms with van der Waals surface area (Å²) in [6, 6.07) is 5.17. The number of ether oxygens (including phenoxy) is 2. The summed E-state index contributed by atoms with van der Waals surface area (Å²) in [6.45, 7) is 3.79. The lowest BCUT2D eigenvalue weighted by Gasteiger charge is -2.31. The Balaban J connectivity index is 2.28. The van der Waals surface area contributed by atoms with E-state index in [2.05, 4.69) is 0 Å². The molecule has 0 radical (unpaired) electrons. The van der Waals surface area contributed by atoms with Gasteiger partial charge in [0.15, 0.2) is 5.78 Å². The summed E-state index contributed by atoms with van der Waals surface area (Å²) < 4.78 is 11.3. The van der Waals surface area contributed by atoms with Gasteiger partial charge in [-0.1, -0.05) is 0 Å². The number of Topliss-reactive ketones (excluding diaryl/α,β-unsaturated/α-hetero) is 1. The van der Waals surface area contributed by atoms with E-state index in [1.54, 1.807) is 23.1 Å². The monoisotopic (exact) mass is 279 g/mol. The molecule has 1 aliphatic rings. The van der Waals surface area contributed by atoms with E-state index < -0.39 is 5.60 Å². The molecule has 0 saturated carbocycles. The Kier molecular flexibility index (Phi) is 3.49. The summed E-state index contributed by atoms with van der Waals surface area (Å²) in [5.41, 5.74) is 0.118. The zero-order valence-electron chi connectivity index (χ0n) is 11.5. The Labute approximate surface area is 118 Å². The van der Waals surface area contributed by atoms with Crippen LogP contribution in [0, 0.1) is 0 Å². The molecule has 1 aliphatic heterocycles. The second kappa shape index (κ2) is 4.81. The van der Waals surface area contributed by atoms with Crippen LogP contribution in [0.2, 0.25) is 0 Å². The van der Waals surface area contributed by atoms with E-state index in [-0.39, 0.29) is 5.78 Å². The van der Waals surface area contributed by atoms with Gasteiger partial charge in [0.05, 0.1) is 12.0 Å². The Hall–Kier alpha value is -1.62. The van der Waals surface area contributed by atoms with Crippen LogP contribution in [0.4, 0.5) is 0 Å². The number of rotatable bonds is 1. The lowest BCUT2D eigenvalue weighted by atomic mass is 9.93. The second-order valence-corrected chi connectivity index (χ2v) is 5.73. The first-order valence-corrected chi connectivity index (χ1v) is 6.45. The number of fused-ring (bicyclic) bond motifs is 1. The van der Waals surface area contributed by atoms with Crippen LogP contribution in [-0.2, 0) is 0 Å². The third-order valence-corrected chi connectivity index (χ3v) is 3.24. The number of ketones is 1. The molecule has 0 N–H and O–H groups in total. The molecule has 0 bridgehead atoms. The van der Waals surface area contributed by atoms with E-state index in [0.717, 1.165) is 0 Å². The topological polar surface area (TPSA) is 38.8 Å². The molecule has 1 aromatic rings. The molecule has 2 rings (SSSR count). The normalized spacial score (nSPS) is 16.3. The van der Waals surface area contributed by atoms with Crippen LogP contribution < -0.4 is 9.47 Å². The predicted octanol–water partition coefficient (Wildman–Crippen LogP) is 2.66. The van der Waals surface area contributed by atoms with Crippen LogP contribution in [0.15, 0.2) is 18.2 Å². The number of thiocarbonyl (C=S) groups is 1. The first kappa shape index (κ1) is 13.8. The molecule has 0 spiro atoms. The molecule has 0 amide bonds. The van der Waals surface area contributed by atoms with Crippen molar-refractivity contribution in [3.63, 3.8) is 0 Å². The summed E-state index contributed by atoms with van der Waals surface area (Å²) in [7, 11) is 3.62. The number of nitrogens with zero attached hydrogens (tertiary/aromatic N) is 1. The average Bonchev–Trinajstić information content (AvgIpc) is 2.26. The minimum absolute atomic E-state index is 0.0907. The second-order valence-electron chi connectivity index (χ2n) is 5.38. The van der Waals surface area contributed by atoms with Gasteiger partial charge in [-0.3, -0.25) is 4.79 Å². The molecule has 1 heterocycles. The third kappa shape index (κ3) is 3.04. The van der Waals surface area contributed by atoms with Gasteiger partial charge in [-0.05, 0) is 38.2 Å². The van der Waals surface area contributed by atoms with E-state index in [4.69, 9.17) is 21.7 Å². The van der Waals surface area contributed by atoms with E-state index in [1.807, 2.05) is 27.9 Å². The van der Waals surface area contributed by atoms with Gasteiger partial charge in [0.25, 0.3) is 5.17 Å². The maximum atomic E-state index is 12.0. The highest BCUT2D eigenvalue weighted by molar-refractivity contribution is 7.80. The molecule has 0 fully saturated rings. The Morgan fingerprint density at radius 1 is 1.42 bits per heavy atom. The summed E-state index contributed by atoms with van der Waals surface area (Å²) in [5, 5.41) is 0.362. The van der Waals surface area contributed by atoms with Crippen LogP contribution >= 0.6 is 12.2 Å². The van der Waals surface area contributed by atoms with Gasteiger partial charge in [-0.25, -0.2) is 0 Å². The lowest BCUT2D eigenvalue weighted by molar-refractivity contribution is 0.0619. The van der Waals surface area contributed by atoms with Gasteiger partial charge in [-0.2, -0.15) is 0 Å². The predicted molar refractivity (Wildman–Crippen MR) is 77.0 cm³/mol. The smallest absolute Gasteiger partial charge is 0.264 e. The fourth-order valence-corrected chi connectivity index (χ4v) is 1.98. The van der Waals surface area contributed by atoms with Crippen LogP contribution in [0.25, 0.3) is 0 Å². The zero-order chi connectivity index (χ0) is 14.2. The molecular weight excluding hydrogens is 262 g/mol. The molecule has 0 saturated heterocycles. The zero-order valence-corrected chi connectivity index (χ0v) is 12.3. The molecule has 1 aromatic carbocycles. The van der Waals surface area contributed by atoms with Gasteiger partial charge < -0.3 is 14.4 Å². The molecule has 0 unspecified atom stereocenters. The van der Waals surface area contributed by atoms with Crippen LogP contribution in [0.5, 0.6) is 11.5 Å². The Morgan fingerprint density at radius 2 is 2.11 bits per heavy atom. The number of carbonyl (C=O) groups excluding carboxylic acids is 1. The first-order valence-electron chi connectivity index (χ1n) is 6.04. The lowest BCUT2D eigenvalue weighted by Crippen LogP contribution is -2.35. The molecule has 5 heteroatoms. The number of benzene rings is 1. The molecule has 0 aromatic heterocycles. The fraction of sp³-hybridized carbons (Fsp3) is 0.429. The first-order chi connectivity index (χ1) is 8.78. The average molecular weight is 279 g/mol. The molecule has 0 atom stereocenters. The standard InChI is InChI=1S/C14H17NO3S/c1-14(2)8-11(16)10-6-5-9(7-12(10)18-14)17-13(19)15(3)4/h5-7H,8H2,1-4H3. The van der Waals surface area contributed by atoms with E-state index in [1.165, 1.54) is 0 Å². The van der Waals surface area contributed by atoms with Gasteiger partial charge >= 0.3 is 0 Å². The van der Waals surface area contributed by atoms with Gasteiger partial charge in [0, 0.05) is 20.2 Å². The summed E-state index contributed by atoms with van der Waals surface area (Å²) in [4.78, 5) is 13.7. The van der Waals surface area contributed by atoms with Crippen molar-refractivity contribution in [2.75, 3.05) is 14.1 Å². The molecule has 4 nitrogen and oxygen atoms in total. The van der Waals surface area contributed by atoms with Crippen molar-refractivity contribution in [1.82, 2.24) is 4.90 Å². The van der Waals surface area contributed by atoms with Gasteiger partial charge in [-0.15, -0.1) is 0 Å². The third-order valence-electron chi connectivity index (χ3n) is 2.80.